The summed E-state index contributed by atoms with van der Waals surface area (Å²) < 4.78 is 2.23. The molecule has 0 atom stereocenters. The fourth-order valence-corrected chi connectivity index (χ4v) is 5.66. The molecule has 0 radical (unpaired) electrons. The zero-order valence-electron chi connectivity index (χ0n) is 21.3. The third-order valence-corrected chi connectivity index (χ3v) is 7.86. The molecule has 0 bridgehead atoms. The summed E-state index contributed by atoms with van der Waals surface area (Å²) >= 11 is 1.86. The Labute approximate surface area is 206 Å². The molecule has 182 valence electrons. The Bertz CT molecular complexity index is 858. The molecule has 0 fully saturated rings. The highest BCUT2D eigenvalue weighted by Gasteiger charge is 2.08. The van der Waals surface area contributed by atoms with Gasteiger partial charge in [-0.25, -0.2) is 4.98 Å². The van der Waals surface area contributed by atoms with E-state index in [-0.39, 0.29) is 0 Å². The van der Waals surface area contributed by atoms with Crippen LogP contribution in [0.3, 0.4) is 0 Å². The van der Waals surface area contributed by atoms with Crippen molar-refractivity contribution in [1.29, 1.82) is 0 Å². The van der Waals surface area contributed by atoms with Crippen molar-refractivity contribution >= 4 is 16.3 Å². The summed E-state index contributed by atoms with van der Waals surface area (Å²) in [6.07, 6.45) is 27.6. The summed E-state index contributed by atoms with van der Waals surface area (Å²) in [6.45, 7) is 4.57. The molecule has 0 N–H and O–H groups in total. The van der Waals surface area contributed by atoms with Crippen LogP contribution in [0.1, 0.15) is 121 Å². The van der Waals surface area contributed by atoms with Gasteiger partial charge in [0.25, 0.3) is 0 Å². The lowest BCUT2D eigenvalue weighted by molar-refractivity contribution is 0.575. The van der Waals surface area contributed by atoms with Crippen LogP contribution < -0.4 is 0 Å². The van der Waals surface area contributed by atoms with Gasteiger partial charge in [-0.1, -0.05) is 122 Å². The first-order chi connectivity index (χ1) is 16.3. The number of hydrogen-bond acceptors (Lipinski definition) is 2. The lowest BCUT2D eigenvalue weighted by Gasteiger charge is -2.04. The minimum Gasteiger partial charge on any atom is -0.297 e. The molecule has 0 aliphatic rings. The van der Waals surface area contributed by atoms with Gasteiger partial charge in [0.2, 0.25) is 0 Å². The van der Waals surface area contributed by atoms with E-state index in [2.05, 4.69) is 54.9 Å². The highest BCUT2D eigenvalue weighted by Crippen LogP contribution is 2.26. The van der Waals surface area contributed by atoms with Crippen LogP contribution in [0, 0.1) is 0 Å². The molecule has 2 aromatic heterocycles. The monoisotopic (exact) mass is 466 g/mol. The molecule has 0 aliphatic carbocycles. The molecule has 3 rings (SSSR count). The van der Waals surface area contributed by atoms with Gasteiger partial charge in [0, 0.05) is 22.8 Å². The zero-order chi connectivity index (χ0) is 23.1. The SMILES string of the molecule is CCCCCCCCCCc1ccc(-c2cn3cc(CCCCCCCCC)sc3n2)cc1. The van der Waals surface area contributed by atoms with Crippen LogP contribution >= 0.6 is 11.3 Å². The van der Waals surface area contributed by atoms with Crippen LogP contribution in [-0.2, 0) is 12.8 Å². The molecule has 0 saturated carbocycles. The van der Waals surface area contributed by atoms with Gasteiger partial charge >= 0.3 is 0 Å². The Morgan fingerprint density at radius 3 is 1.76 bits per heavy atom. The number of aryl methyl sites for hydroxylation is 2. The number of aromatic nitrogens is 2. The van der Waals surface area contributed by atoms with Crippen molar-refractivity contribution in [2.45, 2.75) is 123 Å². The van der Waals surface area contributed by atoms with E-state index in [1.807, 2.05) is 11.3 Å². The van der Waals surface area contributed by atoms with Crippen molar-refractivity contribution in [2.24, 2.45) is 0 Å². The van der Waals surface area contributed by atoms with Crippen LogP contribution in [0.15, 0.2) is 36.7 Å². The molecule has 0 saturated heterocycles. The van der Waals surface area contributed by atoms with Crippen LogP contribution in [0.2, 0.25) is 0 Å². The maximum Gasteiger partial charge on any atom is 0.194 e. The van der Waals surface area contributed by atoms with Crippen molar-refractivity contribution in [3.63, 3.8) is 0 Å². The third kappa shape index (κ3) is 9.27. The average molecular weight is 467 g/mol. The molecule has 1 aromatic carbocycles. The quantitative estimate of drug-likeness (QED) is 0.170. The number of benzene rings is 1. The van der Waals surface area contributed by atoms with Crippen molar-refractivity contribution in [3.05, 3.63) is 47.1 Å². The van der Waals surface area contributed by atoms with Crippen LogP contribution in [0.4, 0.5) is 0 Å². The van der Waals surface area contributed by atoms with E-state index in [1.165, 1.54) is 125 Å². The maximum atomic E-state index is 4.91. The van der Waals surface area contributed by atoms with E-state index >= 15 is 0 Å². The summed E-state index contributed by atoms with van der Waals surface area (Å²) in [6, 6.07) is 9.11. The van der Waals surface area contributed by atoms with E-state index in [1.54, 1.807) is 0 Å². The van der Waals surface area contributed by atoms with Gasteiger partial charge in [-0.05, 0) is 31.2 Å². The van der Waals surface area contributed by atoms with Gasteiger partial charge in [-0.3, -0.25) is 4.40 Å². The summed E-state index contributed by atoms with van der Waals surface area (Å²) in [7, 11) is 0. The average Bonchev–Trinajstić information content (AvgIpc) is 3.40. The van der Waals surface area contributed by atoms with Gasteiger partial charge in [-0.15, -0.1) is 11.3 Å². The number of unbranched alkanes of at least 4 members (excludes halogenated alkanes) is 13. The number of thiazole rings is 1. The second kappa shape index (κ2) is 15.3. The summed E-state index contributed by atoms with van der Waals surface area (Å²) in [5, 5.41) is 0. The summed E-state index contributed by atoms with van der Waals surface area (Å²) in [5.74, 6) is 0. The first kappa shape index (κ1) is 26.0. The third-order valence-electron chi connectivity index (χ3n) is 6.80. The Morgan fingerprint density at radius 1 is 0.636 bits per heavy atom. The molecule has 2 nitrogen and oxygen atoms in total. The van der Waals surface area contributed by atoms with Crippen LogP contribution in [-0.4, -0.2) is 9.38 Å². The van der Waals surface area contributed by atoms with Crippen molar-refractivity contribution in [3.8, 4) is 11.3 Å². The van der Waals surface area contributed by atoms with Crippen molar-refractivity contribution in [1.82, 2.24) is 9.38 Å². The van der Waals surface area contributed by atoms with Crippen molar-refractivity contribution < 1.29 is 0 Å². The standard InChI is InChI=1S/C30H46N2S/c1-3-5-7-9-11-13-14-16-18-26-20-22-27(23-21-26)29-25-32-24-28(33-30(32)31-29)19-17-15-12-10-8-6-4-2/h20-25H,3-19H2,1-2H3. The molecule has 33 heavy (non-hydrogen) atoms. The topological polar surface area (TPSA) is 17.3 Å². The minimum absolute atomic E-state index is 1.10. The fraction of sp³-hybridized carbons (Fsp3) is 0.633. The Balaban J connectivity index is 1.37. The first-order valence-electron chi connectivity index (χ1n) is 13.9. The van der Waals surface area contributed by atoms with E-state index < -0.39 is 0 Å². The first-order valence-corrected chi connectivity index (χ1v) is 14.7. The fourth-order valence-electron chi connectivity index (χ4n) is 4.66. The van der Waals surface area contributed by atoms with Gasteiger partial charge < -0.3 is 0 Å². The number of imidazole rings is 1. The lowest BCUT2D eigenvalue weighted by Crippen LogP contribution is -1.87. The molecular weight excluding hydrogens is 420 g/mol. The van der Waals surface area contributed by atoms with E-state index in [0.717, 1.165) is 10.7 Å². The second-order valence-electron chi connectivity index (χ2n) is 9.81. The zero-order valence-corrected chi connectivity index (χ0v) is 22.1. The number of nitrogens with zero attached hydrogens (tertiary/aromatic N) is 2. The summed E-state index contributed by atoms with van der Waals surface area (Å²) in [4.78, 5) is 7.51. The largest absolute Gasteiger partial charge is 0.297 e. The normalized spacial score (nSPS) is 11.6. The lowest BCUT2D eigenvalue weighted by atomic mass is 10.0. The molecule has 0 spiro atoms. The van der Waals surface area contributed by atoms with Crippen LogP contribution in [0.5, 0.6) is 0 Å². The Hall–Kier alpha value is -1.61. The highest BCUT2D eigenvalue weighted by atomic mass is 32.1. The highest BCUT2D eigenvalue weighted by molar-refractivity contribution is 7.17. The predicted octanol–water partition coefficient (Wildman–Crippen LogP) is 10.0. The van der Waals surface area contributed by atoms with Gasteiger partial charge in [0.05, 0.1) is 5.69 Å². The number of rotatable bonds is 18. The number of fused-ring (bicyclic) bond motifs is 1. The van der Waals surface area contributed by atoms with E-state index in [0.29, 0.717) is 0 Å². The van der Waals surface area contributed by atoms with Gasteiger partial charge in [0.1, 0.15) is 0 Å². The van der Waals surface area contributed by atoms with E-state index in [4.69, 9.17) is 4.98 Å². The molecule has 0 aliphatic heterocycles. The smallest absolute Gasteiger partial charge is 0.194 e. The maximum absolute atomic E-state index is 4.91. The Morgan fingerprint density at radius 2 is 1.18 bits per heavy atom. The van der Waals surface area contributed by atoms with E-state index in [9.17, 15) is 0 Å². The molecule has 3 aromatic rings. The molecule has 0 amide bonds. The predicted molar refractivity (Wildman–Crippen MR) is 147 cm³/mol. The molecular formula is C30H46N2S. The second-order valence-corrected chi connectivity index (χ2v) is 10.9. The molecule has 2 heterocycles. The molecule has 0 unspecified atom stereocenters. The van der Waals surface area contributed by atoms with Crippen LogP contribution in [0.25, 0.3) is 16.2 Å². The van der Waals surface area contributed by atoms with Gasteiger partial charge in [-0.2, -0.15) is 0 Å². The van der Waals surface area contributed by atoms with Gasteiger partial charge in [0.15, 0.2) is 4.96 Å². The summed E-state index contributed by atoms with van der Waals surface area (Å²) in [5.41, 5.74) is 3.80. The Kier molecular flexibility index (Phi) is 12.1. The minimum atomic E-state index is 1.10. The number of hydrogen-bond donors (Lipinski definition) is 0. The van der Waals surface area contributed by atoms with Crippen molar-refractivity contribution in [2.75, 3.05) is 0 Å². The molecule has 3 heteroatoms.